The van der Waals surface area contributed by atoms with Gasteiger partial charge in [-0.2, -0.15) is 0 Å². The number of aromatic amines is 1. The smallest absolute Gasteiger partial charge is 0.254 e. The highest BCUT2D eigenvalue weighted by atomic mass is 16.5. The monoisotopic (exact) mass is 363 g/mol. The lowest BCUT2D eigenvalue weighted by atomic mass is 10.0. The van der Waals surface area contributed by atoms with E-state index in [-0.39, 0.29) is 5.56 Å². The number of rotatable bonds is 4. The van der Waals surface area contributed by atoms with Crippen molar-refractivity contribution in [2.24, 2.45) is 0 Å². The normalized spacial score (nSPS) is 14.0. The van der Waals surface area contributed by atoms with Crippen LogP contribution in [0.4, 0.5) is 0 Å². The van der Waals surface area contributed by atoms with Crippen LogP contribution in [0.1, 0.15) is 22.4 Å². The summed E-state index contributed by atoms with van der Waals surface area (Å²) in [6.45, 7) is 4.24. The molecule has 0 unspecified atom stereocenters. The SMILES string of the molecule is COc1ccc(C)cc1CN1CCc2c(nc(-c3cnccn3)[nH]c2=O)C1. The summed E-state index contributed by atoms with van der Waals surface area (Å²) in [5.74, 6) is 1.34. The number of H-pyrrole nitrogens is 1. The minimum atomic E-state index is -0.0894. The topological polar surface area (TPSA) is 84.0 Å². The van der Waals surface area contributed by atoms with Gasteiger partial charge in [-0.3, -0.25) is 14.7 Å². The Morgan fingerprint density at radius 3 is 2.96 bits per heavy atom. The molecule has 1 aliphatic heterocycles. The molecule has 0 bridgehead atoms. The van der Waals surface area contributed by atoms with Gasteiger partial charge in [0.15, 0.2) is 5.82 Å². The summed E-state index contributed by atoms with van der Waals surface area (Å²) >= 11 is 0. The second-order valence-electron chi connectivity index (χ2n) is 6.71. The summed E-state index contributed by atoms with van der Waals surface area (Å²) < 4.78 is 5.49. The van der Waals surface area contributed by atoms with Crippen molar-refractivity contribution in [3.8, 4) is 17.3 Å². The molecule has 7 heteroatoms. The van der Waals surface area contributed by atoms with Crippen LogP contribution in [-0.4, -0.2) is 38.5 Å². The van der Waals surface area contributed by atoms with E-state index in [1.54, 1.807) is 25.7 Å². The Kier molecular flexibility index (Phi) is 4.68. The Morgan fingerprint density at radius 2 is 2.19 bits per heavy atom. The van der Waals surface area contributed by atoms with Crippen LogP contribution >= 0.6 is 0 Å². The lowest BCUT2D eigenvalue weighted by molar-refractivity contribution is 0.237. The van der Waals surface area contributed by atoms with E-state index in [2.05, 4.69) is 37.8 Å². The van der Waals surface area contributed by atoms with Crippen molar-refractivity contribution >= 4 is 0 Å². The first-order valence-corrected chi connectivity index (χ1v) is 8.88. The first-order chi connectivity index (χ1) is 13.1. The number of ether oxygens (including phenoxy) is 1. The average Bonchev–Trinajstić information content (AvgIpc) is 2.68. The molecule has 0 radical (unpaired) electrons. The molecule has 1 aliphatic rings. The molecule has 0 atom stereocenters. The predicted octanol–water partition coefficient (Wildman–Crippen LogP) is 2.10. The van der Waals surface area contributed by atoms with E-state index in [9.17, 15) is 4.79 Å². The number of hydrogen-bond donors (Lipinski definition) is 1. The number of fused-ring (bicyclic) bond motifs is 1. The van der Waals surface area contributed by atoms with Crippen LogP contribution in [-0.2, 0) is 19.5 Å². The van der Waals surface area contributed by atoms with Crippen molar-refractivity contribution < 1.29 is 4.74 Å². The molecule has 0 fully saturated rings. The number of aryl methyl sites for hydroxylation is 1. The summed E-state index contributed by atoms with van der Waals surface area (Å²) in [6.07, 6.45) is 5.46. The van der Waals surface area contributed by atoms with Gasteiger partial charge in [-0.1, -0.05) is 17.7 Å². The third kappa shape index (κ3) is 3.59. The van der Waals surface area contributed by atoms with Crippen molar-refractivity contribution in [2.45, 2.75) is 26.4 Å². The Hall–Kier alpha value is -3.06. The zero-order chi connectivity index (χ0) is 18.8. The molecular formula is C20H21N5O2. The maximum absolute atomic E-state index is 12.5. The fourth-order valence-electron chi connectivity index (χ4n) is 3.44. The maximum Gasteiger partial charge on any atom is 0.254 e. The van der Waals surface area contributed by atoms with Crippen molar-refractivity contribution in [3.05, 3.63) is 69.5 Å². The quantitative estimate of drug-likeness (QED) is 0.764. The van der Waals surface area contributed by atoms with Gasteiger partial charge in [0.25, 0.3) is 5.56 Å². The minimum Gasteiger partial charge on any atom is -0.496 e. The highest BCUT2D eigenvalue weighted by Crippen LogP contribution is 2.24. The van der Waals surface area contributed by atoms with Gasteiger partial charge in [-0.15, -0.1) is 0 Å². The molecule has 3 aromatic rings. The second kappa shape index (κ2) is 7.28. The third-order valence-electron chi connectivity index (χ3n) is 4.79. The maximum atomic E-state index is 12.5. The number of aromatic nitrogens is 4. The molecule has 0 saturated carbocycles. The average molecular weight is 363 g/mol. The molecule has 1 N–H and O–H groups in total. The predicted molar refractivity (Wildman–Crippen MR) is 101 cm³/mol. The van der Waals surface area contributed by atoms with Crippen molar-refractivity contribution in [2.75, 3.05) is 13.7 Å². The number of benzene rings is 1. The van der Waals surface area contributed by atoms with E-state index in [4.69, 9.17) is 4.74 Å². The van der Waals surface area contributed by atoms with E-state index in [1.807, 2.05) is 12.1 Å². The van der Waals surface area contributed by atoms with Gasteiger partial charge in [0.2, 0.25) is 0 Å². The van der Waals surface area contributed by atoms with Crippen LogP contribution in [0.15, 0.2) is 41.6 Å². The van der Waals surface area contributed by atoms with E-state index >= 15 is 0 Å². The number of hydrogen-bond acceptors (Lipinski definition) is 6. The molecule has 0 spiro atoms. The van der Waals surface area contributed by atoms with Gasteiger partial charge in [0.1, 0.15) is 11.4 Å². The number of nitrogens with zero attached hydrogens (tertiary/aromatic N) is 4. The molecule has 2 aromatic heterocycles. The molecule has 0 saturated heterocycles. The molecular weight excluding hydrogens is 342 g/mol. The van der Waals surface area contributed by atoms with Gasteiger partial charge in [0, 0.05) is 43.2 Å². The number of nitrogens with one attached hydrogen (secondary N) is 1. The van der Waals surface area contributed by atoms with Gasteiger partial charge in [-0.25, -0.2) is 9.97 Å². The summed E-state index contributed by atoms with van der Waals surface area (Å²) in [7, 11) is 1.69. The molecule has 4 rings (SSSR count). The highest BCUT2D eigenvalue weighted by molar-refractivity contribution is 5.47. The Balaban J connectivity index is 1.62. The van der Waals surface area contributed by atoms with E-state index in [0.29, 0.717) is 24.5 Å². The van der Waals surface area contributed by atoms with Crippen molar-refractivity contribution in [1.82, 2.24) is 24.8 Å². The highest BCUT2D eigenvalue weighted by Gasteiger charge is 2.22. The summed E-state index contributed by atoms with van der Waals surface area (Å²) in [5.41, 5.74) is 4.37. The summed E-state index contributed by atoms with van der Waals surface area (Å²) in [5, 5.41) is 0. The van der Waals surface area contributed by atoms with Gasteiger partial charge < -0.3 is 9.72 Å². The molecule has 7 nitrogen and oxygen atoms in total. The van der Waals surface area contributed by atoms with Crippen LogP contribution in [0.25, 0.3) is 11.5 Å². The second-order valence-corrected chi connectivity index (χ2v) is 6.71. The summed E-state index contributed by atoms with van der Waals surface area (Å²) in [6, 6.07) is 6.18. The van der Waals surface area contributed by atoms with Crippen molar-refractivity contribution in [1.29, 1.82) is 0 Å². The molecule has 0 amide bonds. The van der Waals surface area contributed by atoms with Crippen LogP contribution < -0.4 is 10.3 Å². The molecule has 1 aromatic carbocycles. The van der Waals surface area contributed by atoms with Crippen LogP contribution in [0, 0.1) is 6.92 Å². The van der Waals surface area contributed by atoms with E-state index in [1.165, 1.54) is 5.56 Å². The Labute approximate surface area is 157 Å². The summed E-state index contributed by atoms with van der Waals surface area (Å²) in [4.78, 5) is 30.6. The van der Waals surface area contributed by atoms with Crippen LogP contribution in [0.5, 0.6) is 5.75 Å². The Morgan fingerprint density at radius 1 is 1.30 bits per heavy atom. The van der Waals surface area contributed by atoms with Crippen LogP contribution in [0.2, 0.25) is 0 Å². The minimum absolute atomic E-state index is 0.0894. The molecule has 0 aliphatic carbocycles. The van der Waals surface area contributed by atoms with Crippen LogP contribution in [0.3, 0.4) is 0 Å². The standard InChI is InChI=1S/C20H21N5O2/c1-13-3-4-18(27-2)14(9-13)11-25-8-5-15-17(12-25)23-19(24-20(15)26)16-10-21-6-7-22-16/h3-4,6-7,9-10H,5,8,11-12H2,1-2H3,(H,23,24,26). The zero-order valence-electron chi connectivity index (χ0n) is 15.4. The molecule has 138 valence electrons. The lowest BCUT2D eigenvalue weighted by Gasteiger charge is -2.28. The van der Waals surface area contributed by atoms with Gasteiger partial charge >= 0.3 is 0 Å². The van der Waals surface area contributed by atoms with Crippen molar-refractivity contribution in [3.63, 3.8) is 0 Å². The largest absolute Gasteiger partial charge is 0.496 e. The Bertz CT molecular complexity index is 1020. The fourth-order valence-corrected chi connectivity index (χ4v) is 3.44. The fraction of sp³-hybridized carbons (Fsp3) is 0.300. The first kappa shape index (κ1) is 17.4. The zero-order valence-corrected chi connectivity index (χ0v) is 15.4. The molecule has 27 heavy (non-hydrogen) atoms. The first-order valence-electron chi connectivity index (χ1n) is 8.88. The van der Waals surface area contributed by atoms with Gasteiger partial charge in [0.05, 0.1) is 19.0 Å². The van der Waals surface area contributed by atoms with E-state index in [0.717, 1.165) is 35.7 Å². The van der Waals surface area contributed by atoms with Gasteiger partial charge in [-0.05, 0) is 19.4 Å². The molecule has 3 heterocycles. The number of methoxy groups -OCH3 is 1. The third-order valence-corrected chi connectivity index (χ3v) is 4.79. The van der Waals surface area contributed by atoms with E-state index < -0.39 is 0 Å². The lowest BCUT2D eigenvalue weighted by Crippen LogP contribution is -2.35.